The quantitative estimate of drug-likeness (QED) is 0.824. The number of hydrogen-bond acceptors (Lipinski definition) is 2. The zero-order valence-electron chi connectivity index (χ0n) is 11.4. The first-order valence-electron chi connectivity index (χ1n) is 6.50. The second kappa shape index (κ2) is 6.34. The van der Waals surface area contributed by atoms with Gasteiger partial charge >= 0.3 is 0 Å². The molecule has 0 unspecified atom stereocenters. The number of carbonyl (C=O) groups excluding carboxylic acids is 1. The summed E-state index contributed by atoms with van der Waals surface area (Å²) in [6, 6.07) is 14.4. The molecule has 3 nitrogen and oxygen atoms in total. The molecule has 0 saturated carbocycles. The van der Waals surface area contributed by atoms with Crippen LogP contribution in [0.5, 0.6) is 0 Å². The molecule has 0 radical (unpaired) electrons. The van der Waals surface area contributed by atoms with E-state index in [1.807, 2.05) is 32.2 Å². The number of carbonyl (C=O) groups is 1. The molecule has 1 amide bonds. The zero-order valence-corrected chi connectivity index (χ0v) is 11.4. The minimum atomic E-state index is 0.00906. The van der Waals surface area contributed by atoms with Gasteiger partial charge in [0, 0.05) is 20.2 Å². The summed E-state index contributed by atoms with van der Waals surface area (Å²) in [4.78, 5) is 13.5. The molecule has 0 spiro atoms. The molecule has 0 N–H and O–H groups in total. The van der Waals surface area contributed by atoms with Gasteiger partial charge in [-0.3, -0.25) is 4.79 Å². The highest BCUT2D eigenvalue weighted by Gasteiger charge is 2.10. The second-order valence-electron chi connectivity index (χ2n) is 4.53. The third-order valence-electron chi connectivity index (χ3n) is 3.14. The molecule has 100 valence electrons. The lowest BCUT2D eigenvalue weighted by molar-refractivity contribution is -0.135. The summed E-state index contributed by atoms with van der Waals surface area (Å²) in [5.74, 6) is 0.00906. The highest BCUT2D eigenvalue weighted by molar-refractivity contribution is 5.86. The molecule has 3 heteroatoms. The van der Waals surface area contributed by atoms with E-state index in [-0.39, 0.29) is 12.5 Å². The normalized spacial score (nSPS) is 10.6. The number of nitrogens with zero attached hydrogens (tertiary/aromatic N) is 1. The highest BCUT2D eigenvalue weighted by atomic mass is 16.5. The van der Waals surface area contributed by atoms with Crippen LogP contribution < -0.4 is 0 Å². The Labute approximate surface area is 113 Å². The van der Waals surface area contributed by atoms with E-state index in [2.05, 4.69) is 24.3 Å². The molecule has 0 aliphatic carbocycles. The third-order valence-corrected chi connectivity index (χ3v) is 3.14. The fourth-order valence-electron chi connectivity index (χ4n) is 2.07. The SMILES string of the molecule is CCOCC(=O)N(C)Cc1cccc2ccccc12. The van der Waals surface area contributed by atoms with Gasteiger partial charge in [-0.05, 0) is 23.3 Å². The van der Waals surface area contributed by atoms with Crippen molar-refractivity contribution in [3.8, 4) is 0 Å². The molecule has 2 aromatic carbocycles. The molecule has 0 bridgehead atoms. The number of amides is 1. The van der Waals surface area contributed by atoms with Crippen molar-refractivity contribution < 1.29 is 9.53 Å². The largest absolute Gasteiger partial charge is 0.372 e. The summed E-state index contributed by atoms with van der Waals surface area (Å²) >= 11 is 0. The Morgan fingerprint density at radius 3 is 2.68 bits per heavy atom. The summed E-state index contributed by atoms with van der Waals surface area (Å²) in [6.45, 7) is 3.21. The maximum atomic E-state index is 11.8. The van der Waals surface area contributed by atoms with Crippen molar-refractivity contribution >= 4 is 16.7 Å². The fraction of sp³-hybridized carbons (Fsp3) is 0.312. The third kappa shape index (κ3) is 3.32. The van der Waals surface area contributed by atoms with E-state index in [1.54, 1.807) is 4.90 Å². The van der Waals surface area contributed by atoms with Crippen molar-refractivity contribution in [3.05, 3.63) is 48.0 Å². The van der Waals surface area contributed by atoms with Gasteiger partial charge in [0.25, 0.3) is 0 Å². The van der Waals surface area contributed by atoms with Crippen LogP contribution in [0.1, 0.15) is 12.5 Å². The van der Waals surface area contributed by atoms with E-state index in [4.69, 9.17) is 4.74 Å². The van der Waals surface area contributed by atoms with Gasteiger partial charge in [-0.15, -0.1) is 0 Å². The molecule has 0 aliphatic rings. The van der Waals surface area contributed by atoms with E-state index in [0.717, 1.165) is 5.56 Å². The van der Waals surface area contributed by atoms with Crippen LogP contribution in [0.2, 0.25) is 0 Å². The topological polar surface area (TPSA) is 29.5 Å². The average molecular weight is 257 g/mol. The van der Waals surface area contributed by atoms with Crippen molar-refractivity contribution in [2.24, 2.45) is 0 Å². The smallest absolute Gasteiger partial charge is 0.248 e. The highest BCUT2D eigenvalue weighted by Crippen LogP contribution is 2.19. The number of fused-ring (bicyclic) bond motifs is 1. The van der Waals surface area contributed by atoms with E-state index >= 15 is 0 Å². The molecule has 0 fully saturated rings. The monoisotopic (exact) mass is 257 g/mol. The summed E-state index contributed by atoms with van der Waals surface area (Å²) in [5.41, 5.74) is 1.16. The van der Waals surface area contributed by atoms with Crippen molar-refractivity contribution in [2.45, 2.75) is 13.5 Å². The van der Waals surface area contributed by atoms with E-state index in [0.29, 0.717) is 13.2 Å². The van der Waals surface area contributed by atoms with Crippen LogP contribution in [0, 0.1) is 0 Å². The van der Waals surface area contributed by atoms with Crippen molar-refractivity contribution in [2.75, 3.05) is 20.3 Å². The molecule has 0 saturated heterocycles. The Bertz CT molecular complexity index is 560. The van der Waals surface area contributed by atoms with Gasteiger partial charge in [0.05, 0.1) is 0 Å². The Morgan fingerprint density at radius 2 is 1.89 bits per heavy atom. The maximum absolute atomic E-state index is 11.8. The van der Waals surface area contributed by atoms with E-state index < -0.39 is 0 Å². The molecule has 0 aromatic heterocycles. The Balaban J connectivity index is 2.15. The van der Waals surface area contributed by atoms with Crippen LogP contribution in [0.3, 0.4) is 0 Å². The molecule has 2 rings (SSSR count). The molecular formula is C16H19NO2. The number of rotatable bonds is 5. The van der Waals surface area contributed by atoms with Gasteiger partial charge in [0.1, 0.15) is 6.61 Å². The van der Waals surface area contributed by atoms with Crippen LogP contribution in [-0.4, -0.2) is 31.1 Å². The van der Waals surface area contributed by atoms with Gasteiger partial charge in [-0.25, -0.2) is 0 Å². The van der Waals surface area contributed by atoms with Crippen LogP contribution >= 0.6 is 0 Å². The van der Waals surface area contributed by atoms with Crippen LogP contribution in [-0.2, 0) is 16.1 Å². The van der Waals surface area contributed by atoms with Gasteiger partial charge in [-0.2, -0.15) is 0 Å². The number of benzene rings is 2. The Morgan fingerprint density at radius 1 is 1.16 bits per heavy atom. The summed E-state index contributed by atoms with van der Waals surface area (Å²) in [7, 11) is 1.81. The van der Waals surface area contributed by atoms with Crippen LogP contribution in [0.25, 0.3) is 10.8 Å². The maximum Gasteiger partial charge on any atom is 0.248 e. The molecule has 0 aliphatic heterocycles. The first-order chi connectivity index (χ1) is 9.22. The molecule has 19 heavy (non-hydrogen) atoms. The summed E-state index contributed by atoms with van der Waals surface area (Å²) in [6.07, 6.45) is 0. The average Bonchev–Trinajstić information content (AvgIpc) is 2.45. The first kappa shape index (κ1) is 13.6. The Kier molecular flexibility index (Phi) is 4.53. The zero-order chi connectivity index (χ0) is 13.7. The molecule has 0 atom stereocenters. The lowest BCUT2D eigenvalue weighted by Crippen LogP contribution is -2.29. The van der Waals surface area contributed by atoms with Crippen LogP contribution in [0.15, 0.2) is 42.5 Å². The first-order valence-corrected chi connectivity index (χ1v) is 6.50. The predicted molar refractivity (Wildman–Crippen MR) is 76.9 cm³/mol. The second-order valence-corrected chi connectivity index (χ2v) is 4.53. The number of likely N-dealkylation sites (N-methyl/N-ethyl adjacent to an activating group) is 1. The minimum absolute atomic E-state index is 0.00906. The lowest BCUT2D eigenvalue weighted by atomic mass is 10.0. The Hall–Kier alpha value is -1.87. The van der Waals surface area contributed by atoms with Gasteiger partial charge in [0.15, 0.2) is 0 Å². The predicted octanol–water partition coefficient (Wildman–Crippen LogP) is 2.83. The molecular weight excluding hydrogens is 238 g/mol. The fourth-order valence-corrected chi connectivity index (χ4v) is 2.07. The van der Waals surface area contributed by atoms with Gasteiger partial charge in [-0.1, -0.05) is 42.5 Å². The van der Waals surface area contributed by atoms with Crippen molar-refractivity contribution in [3.63, 3.8) is 0 Å². The lowest BCUT2D eigenvalue weighted by Gasteiger charge is -2.18. The summed E-state index contributed by atoms with van der Waals surface area (Å²) < 4.78 is 5.15. The minimum Gasteiger partial charge on any atom is -0.372 e. The van der Waals surface area contributed by atoms with Crippen molar-refractivity contribution in [1.29, 1.82) is 0 Å². The summed E-state index contributed by atoms with van der Waals surface area (Å²) in [5, 5.41) is 2.40. The van der Waals surface area contributed by atoms with Crippen LogP contribution in [0.4, 0.5) is 0 Å². The number of ether oxygens (including phenoxy) is 1. The van der Waals surface area contributed by atoms with Gasteiger partial charge in [0.2, 0.25) is 5.91 Å². The van der Waals surface area contributed by atoms with E-state index in [9.17, 15) is 4.79 Å². The van der Waals surface area contributed by atoms with Gasteiger partial charge < -0.3 is 9.64 Å². The standard InChI is InChI=1S/C16H19NO2/c1-3-19-12-16(18)17(2)11-14-9-6-8-13-7-4-5-10-15(13)14/h4-10H,3,11-12H2,1-2H3. The van der Waals surface area contributed by atoms with Crippen molar-refractivity contribution in [1.82, 2.24) is 4.90 Å². The number of hydrogen-bond donors (Lipinski definition) is 0. The molecule has 0 heterocycles. The molecule has 2 aromatic rings. The van der Waals surface area contributed by atoms with E-state index in [1.165, 1.54) is 10.8 Å².